The summed E-state index contributed by atoms with van der Waals surface area (Å²) in [6, 6.07) is -0.302. The van der Waals surface area contributed by atoms with E-state index < -0.39 is 5.97 Å². The van der Waals surface area contributed by atoms with E-state index in [1.54, 1.807) is 0 Å². The number of carbonyl (C=O) groups excluding carboxylic acids is 1. The van der Waals surface area contributed by atoms with Crippen LogP contribution in [0.25, 0.3) is 0 Å². The Kier molecular flexibility index (Phi) is 7.54. The third-order valence-electron chi connectivity index (χ3n) is 2.68. The Morgan fingerprint density at radius 2 is 1.82 bits per heavy atom. The molecule has 0 fully saturated rings. The molecule has 1 amide bonds. The minimum atomic E-state index is -0.886. The molecule has 0 aliphatic rings. The Morgan fingerprint density at radius 3 is 2.24 bits per heavy atom. The summed E-state index contributed by atoms with van der Waals surface area (Å²) in [6.07, 6.45) is -0.0304. The third kappa shape index (κ3) is 6.94. The van der Waals surface area contributed by atoms with Crippen LogP contribution in [0.3, 0.4) is 0 Å². The average molecular weight is 244 g/mol. The summed E-state index contributed by atoms with van der Waals surface area (Å²) in [5.74, 6) is -1.01. The van der Waals surface area contributed by atoms with Crippen LogP contribution in [0.1, 0.15) is 34.1 Å². The first kappa shape index (κ1) is 15.9. The summed E-state index contributed by atoms with van der Waals surface area (Å²) in [5.41, 5.74) is 0. The van der Waals surface area contributed by atoms with Gasteiger partial charge in [0, 0.05) is 18.5 Å². The van der Waals surface area contributed by atoms with Crippen LogP contribution in [0, 0.1) is 11.8 Å². The van der Waals surface area contributed by atoms with Crippen LogP contribution in [-0.2, 0) is 9.59 Å². The first-order chi connectivity index (χ1) is 7.88. The molecule has 2 unspecified atom stereocenters. The summed E-state index contributed by atoms with van der Waals surface area (Å²) in [4.78, 5) is 22.5. The van der Waals surface area contributed by atoms with E-state index in [9.17, 15) is 9.59 Å². The Balaban J connectivity index is 4.24. The fourth-order valence-electron chi connectivity index (χ4n) is 1.42. The largest absolute Gasteiger partial charge is 0.481 e. The highest BCUT2D eigenvalue weighted by Crippen LogP contribution is 2.07. The topological polar surface area (TPSA) is 78.4 Å². The number of aliphatic carboxylic acids is 1. The predicted molar refractivity (Wildman–Crippen MR) is 66.7 cm³/mol. The lowest BCUT2D eigenvalue weighted by atomic mass is 10.00. The Labute approximate surface area is 103 Å². The van der Waals surface area contributed by atoms with Crippen molar-refractivity contribution in [3.8, 4) is 0 Å². The zero-order valence-electron chi connectivity index (χ0n) is 11.1. The highest BCUT2D eigenvalue weighted by atomic mass is 16.4. The van der Waals surface area contributed by atoms with Crippen molar-refractivity contribution in [2.24, 2.45) is 11.8 Å². The fourth-order valence-corrected chi connectivity index (χ4v) is 1.42. The maximum absolute atomic E-state index is 11.8. The van der Waals surface area contributed by atoms with Gasteiger partial charge in [-0.2, -0.15) is 0 Å². The molecule has 17 heavy (non-hydrogen) atoms. The van der Waals surface area contributed by atoms with Crippen LogP contribution in [-0.4, -0.2) is 36.1 Å². The minimum absolute atomic E-state index is 0.0304. The highest BCUT2D eigenvalue weighted by Gasteiger charge is 2.21. The zero-order valence-corrected chi connectivity index (χ0v) is 11.1. The van der Waals surface area contributed by atoms with Crippen LogP contribution < -0.4 is 10.6 Å². The Hall–Kier alpha value is -1.10. The van der Waals surface area contributed by atoms with Crippen molar-refractivity contribution in [1.29, 1.82) is 0 Å². The smallest absolute Gasteiger partial charge is 0.305 e. The van der Waals surface area contributed by atoms with Gasteiger partial charge in [0.2, 0.25) is 5.91 Å². The van der Waals surface area contributed by atoms with Crippen molar-refractivity contribution in [3.05, 3.63) is 0 Å². The number of hydrogen-bond acceptors (Lipinski definition) is 3. The van der Waals surface area contributed by atoms with Gasteiger partial charge in [-0.05, 0) is 12.5 Å². The summed E-state index contributed by atoms with van der Waals surface area (Å²) in [7, 11) is 0. The molecule has 0 heterocycles. The first-order valence-corrected chi connectivity index (χ1v) is 6.11. The number of carboxylic acids is 1. The van der Waals surface area contributed by atoms with Gasteiger partial charge in [-0.3, -0.25) is 9.59 Å². The SMILES string of the molecule is CCNCC(C)C(=O)NC(CC(=O)O)C(C)C. The van der Waals surface area contributed by atoms with Gasteiger partial charge in [0.1, 0.15) is 0 Å². The van der Waals surface area contributed by atoms with E-state index in [-0.39, 0.29) is 30.2 Å². The summed E-state index contributed by atoms with van der Waals surface area (Å²) in [5, 5.41) is 14.7. The van der Waals surface area contributed by atoms with Crippen molar-refractivity contribution in [3.63, 3.8) is 0 Å². The number of carbonyl (C=O) groups is 2. The van der Waals surface area contributed by atoms with E-state index in [1.807, 2.05) is 27.7 Å². The van der Waals surface area contributed by atoms with Gasteiger partial charge >= 0.3 is 5.97 Å². The molecule has 100 valence electrons. The van der Waals surface area contributed by atoms with Crippen LogP contribution in [0.5, 0.6) is 0 Å². The van der Waals surface area contributed by atoms with Gasteiger partial charge in [0.25, 0.3) is 0 Å². The lowest BCUT2D eigenvalue weighted by Crippen LogP contribution is -2.44. The summed E-state index contributed by atoms with van der Waals surface area (Å²) in [6.45, 7) is 9.05. The lowest BCUT2D eigenvalue weighted by molar-refractivity contribution is -0.138. The average Bonchev–Trinajstić information content (AvgIpc) is 2.23. The van der Waals surface area contributed by atoms with E-state index in [0.717, 1.165) is 6.54 Å². The summed E-state index contributed by atoms with van der Waals surface area (Å²) >= 11 is 0. The molecule has 0 aliphatic heterocycles. The fraction of sp³-hybridized carbons (Fsp3) is 0.833. The van der Waals surface area contributed by atoms with Crippen LogP contribution in [0.15, 0.2) is 0 Å². The molecule has 0 saturated heterocycles. The van der Waals surface area contributed by atoms with Crippen molar-refractivity contribution in [2.45, 2.75) is 40.2 Å². The number of nitrogens with one attached hydrogen (secondary N) is 2. The molecule has 0 aromatic rings. The van der Waals surface area contributed by atoms with Crippen molar-refractivity contribution < 1.29 is 14.7 Å². The zero-order chi connectivity index (χ0) is 13.4. The molecule has 5 heteroatoms. The monoisotopic (exact) mass is 244 g/mol. The second-order valence-corrected chi connectivity index (χ2v) is 4.67. The Bertz CT molecular complexity index is 254. The van der Waals surface area contributed by atoms with Gasteiger partial charge in [-0.15, -0.1) is 0 Å². The molecule has 0 aromatic heterocycles. The molecule has 2 atom stereocenters. The van der Waals surface area contributed by atoms with Gasteiger partial charge in [0.05, 0.1) is 6.42 Å². The molecule has 5 nitrogen and oxygen atoms in total. The standard InChI is InChI=1S/C12H24N2O3/c1-5-13-7-9(4)12(17)14-10(8(2)3)6-11(15)16/h8-10,13H,5-7H2,1-4H3,(H,14,17)(H,15,16). The van der Waals surface area contributed by atoms with E-state index in [1.165, 1.54) is 0 Å². The second kappa shape index (κ2) is 8.06. The van der Waals surface area contributed by atoms with Gasteiger partial charge < -0.3 is 15.7 Å². The number of hydrogen-bond donors (Lipinski definition) is 3. The molecule has 0 rings (SSSR count). The van der Waals surface area contributed by atoms with E-state index in [2.05, 4.69) is 10.6 Å². The van der Waals surface area contributed by atoms with Crippen molar-refractivity contribution in [1.82, 2.24) is 10.6 Å². The molecule has 0 saturated carbocycles. The quantitative estimate of drug-likeness (QED) is 0.591. The Morgan fingerprint density at radius 1 is 1.24 bits per heavy atom. The maximum atomic E-state index is 11.8. The molecule has 3 N–H and O–H groups in total. The predicted octanol–water partition coefficient (Wildman–Crippen LogP) is 0.847. The molecular weight excluding hydrogens is 220 g/mol. The molecule has 0 bridgehead atoms. The summed E-state index contributed by atoms with van der Waals surface area (Å²) < 4.78 is 0. The lowest BCUT2D eigenvalue weighted by Gasteiger charge is -2.22. The molecule has 0 aliphatic carbocycles. The van der Waals surface area contributed by atoms with E-state index in [4.69, 9.17) is 5.11 Å². The van der Waals surface area contributed by atoms with E-state index >= 15 is 0 Å². The molecular formula is C12H24N2O3. The molecule has 0 spiro atoms. The minimum Gasteiger partial charge on any atom is -0.481 e. The first-order valence-electron chi connectivity index (χ1n) is 6.11. The van der Waals surface area contributed by atoms with Gasteiger partial charge in [-0.25, -0.2) is 0 Å². The van der Waals surface area contributed by atoms with Crippen LogP contribution >= 0.6 is 0 Å². The van der Waals surface area contributed by atoms with Gasteiger partial charge in [-0.1, -0.05) is 27.7 Å². The molecule has 0 aromatic carbocycles. The number of amides is 1. The van der Waals surface area contributed by atoms with Crippen LogP contribution in [0.2, 0.25) is 0 Å². The normalized spacial score (nSPS) is 14.4. The number of rotatable bonds is 8. The van der Waals surface area contributed by atoms with E-state index in [0.29, 0.717) is 6.54 Å². The second-order valence-electron chi connectivity index (χ2n) is 4.67. The maximum Gasteiger partial charge on any atom is 0.305 e. The van der Waals surface area contributed by atoms with Crippen molar-refractivity contribution >= 4 is 11.9 Å². The van der Waals surface area contributed by atoms with Gasteiger partial charge in [0.15, 0.2) is 0 Å². The van der Waals surface area contributed by atoms with Crippen molar-refractivity contribution in [2.75, 3.05) is 13.1 Å². The molecule has 0 radical (unpaired) electrons. The highest BCUT2D eigenvalue weighted by molar-refractivity contribution is 5.79. The third-order valence-corrected chi connectivity index (χ3v) is 2.68. The van der Waals surface area contributed by atoms with Crippen LogP contribution in [0.4, 0.5) is 0 Å². The number of carboxylic acid groups (broad SMARTS) is 1.